The van der Waals surface area contributed by atoms with E-state index in [-0.39, 0.29) is 12.3 Å². The smallest absolute Gasteiger partial charge is 0.418 e. The highest BCUT2D eigenvalue weighted by molar-refractivity contribution is 5.97. The zero-order chi connectivity index (χ0) is 24.3. The summed E-state index contributed by atoms with van der Waals surface area (Å²) in [7, 11) is 0. The molecule has 0 bridgehead atoms. The zero-order valence-corrected chi connectivity index (χ0v) is 18.7. The average Bonchev–Trinajstić information content (AvgIpc) is 2.66. The van der Waals surface area contributed by atoms with Gasteiger partial charge in [-0.15, -0.1) is 0 Å². The molecule has 2 rings (SSSR count). The van der Waals surface area contributed by atoms with Gasteiger partial charge in [-0.1, -0.05) is 19.9 Å². The number of carbonyl (C=O) groups excluding carboxylic acids is 1. The molecule has 9 heteroatoms. The number of hydrogen-bond donors (Lipinski definition) is 2. The van der Waals surface area contributed by atoms with Gasteiger partial charge in [-0.3, -0.25) is 14.7 Å². The van der Waals surface area contributed by atoms with E-state index in [2.05, 4.69) is 10.3 Å². The van der Waals surface area contributed by atoms with E-state index >= 15 is 0 Å². The fourth-order valence-electron chi connectivity index (χ4n) is 3.49. The zero-order valence-electron chi connectivity index (χ0n) is 18.7. The second-order valence-electron chi connectivity index (χ2n) is 8.95. The molecule has 0 saturated carbocycles. The normalized spacial score (nSPS) is 13.0. The Bertz CT molecular complexity index is 954. The summed E-state index contributed by atoms with van der Waals surface area (Å²) >= 11 is 0. The van der Waals surface area contributed by atoms with Gasteiger partial charge in [0.15, 0.2) is 0 Å². The van der Waals surface area contributed by atoms with Crippen molar-refractivity contribution in [2.75, 3.05) is 5.32 Å². The fraction of sp³-hybridized carbons (Fsp3) is 0.435. The van der Waals surface area contributed by atoms with Crippen molar-refractivity contribution in [1.82, 2.24) is 9.88 Å². The van der Waals surface area contributed by atoms with E-state index in [9.17, 15) is 27.9 Å². The molecule has 1 atom stereocenters. The number of benzene rings is 1. The van der Waals surface area contributed by atoms with Crippen LogP contribution in [0.4, 0.5) is 23.7 Å². The Hall–Kier alpha value is -3.10. The number of alkyl halides is 3. The van der Waals surface area contributed by atoms with E-state index in [1.807, 2.05) is 13.8 Å². The van der Waals surface area contributed by atoms with E-state index in [0.717, 1.165) is 11.0 Å². The van der Waals surface area contributed by atoms with Gasteiger partial charge in [0, 0.05) is 17.9 Å². The van der Waals surface area contributed by atoms with Crippen LogP contribution in [0.5, 0.6) is 0 Å². The number of carboxylic acid groups (broad SMARTS) is 1. The number of halogens is 3. The molecule has 2 amide bonds. The molecule has 2 N–H and O–H groups in total. The Morgan fingerprint density at radius 1 is 1.06 bits per heavy atom. The van der Waals surface area contributed by atoms with Crippen LogP contribution in [0.15, 0.2) is 42.7 Å². The largest absolute Gasteiger partial charge is 0.465 e. The summed E-state index contributed by atoms with van der Waals surface area (Å²) in [6.45, 7) is 8.52. The molecule has 0 aliphatic carbocycles. The third-order valence-electron chi connectivity index (χ3n) is 4.83. The van der Waals surface area contributed by atoms with Crippen molar-refractivity contribution in [1.29, 1.82) is 0 Å². The number of pyridine rings is 1. The van der Waals surface area contributed by atoms with Crippen LogP contribution in [0.1, 0.15) is 46.6 Å². The predicted molar refractivity (Wildman–Crippen MR) is 116 cm³/mol. The predicted octanol–water partition coefficient (Wildman–Crippen LogP) is 5.90. The van der Waals surface area contributed by atoms with Crippen LogP contribution in [0.3, 0.4) is 0 Å². The molecule has 32 heavy (non-hydrogen) atoms. The summed E-state index contributed by atoms with van der Waals surface area (Å²) in [5.41, 5.74) is -1.50. The van der Waals surface area contributed by atoms with Crippen LogP contribution in [0, 0.1) is 5.92 Å². The van der Waals surface area contributed by atoms with Crippen LogP contribution in [-0.4, -0.2) is 38.6 Å². The lowest BCUT2D eigenvalue weighted by Gasteiger charge is -2.39. The maximum absolute atomic E-state index is 13.8. The Labute approximate surface area is 185 Å². The SMILES string of the molecule is CC(C)CC(C(=O)Nc1ccc(-c2ccncc2)cc1C(F)(F)F)N(C(=O)O)C(C)(C)C. The van der Waals surface area contributed by atoms with Crippen LogP contribution in [-0.2, 0) is 11.0 Å². The molecule has 0 spiro atoms. The summed E-state index contributed by atoms with van der Waals surface area (Å²) in [6, 6.07) is 5.62. The molecule has 0 fully saturated rings. The third-order valence-corrected chi connectivity index (χ3v) is 4.83. The van der Waals surface area contributed by atoms with Gasteiger partial charge in [-0.2, -0.15) is 13.2 Å². The first-order valence-corrected chi connectivity index (χ1v) is 10.2. The van der Waals surface area contributed by atoms with Crippen LogP contribution in [0.2, 0.25) is 0 Å². The first kappa shape index (κ1) is 25.2. The second kappa shape index (κ2) is 9.58. The van der Waals surface area contributed by atoms with Crippen molar-refractivity contribution < 1.29 is 27.9 Å². The number of aromatic nitrogens is 1. The van der Waals surface area contributed by atoms with Gasteiger partial charge in [0.2, 0.25) is 5.91 Å². The standard InChI is InChI=1S/C23H28F3N3O3/c1-14(2)12-19(29(21(31)32)22(3,4)5)20(30)28-18-7-6-16(13-17(18)23(24,25)26)15-8-10-27-11-9-15/h6-11,13-14,19H,12H2,1-5H3,(H,28,30)(H,31,32). The molecule has 0 saturated heterocycles. The Balaban J connectivity index is 2.47. The molecule has 2 aromatic rings. The van der Waals surface area contributed by atoms with Crippen molar-refractivity contribution >= 4 is 17.7 Å². The average molecular weight is 451 g/mol. The number of nitrogens with zero attached hydrogens (tertiary/aromatic N) is 2. The number of carbonyl (C=O) groups is 2. The lowest BCUT2D eigenvalue weighted by molar-refractivity contribution is -0.137. The summed E-state index contributed by atoms with van der Waals surface area (Å²) < 4.78 is 41.4. The van der Waals surface area contributed by atoms with Gasteiger partial charge in [0.1, 0.15) is 6.04 Å². The minimum atomic E-state index is -4.73. The number of rotatable bonds is 6. The highest BCUT2D eigenvalue weighted by atomic mass is 19.4. The maximum atomic E-state index is 13.8. The highest BCUT2D eigenvalue weighted by Gasteiger charge is 2.39. The third kappa shape index (κ3) is 6.21. The fourth-order valence-corrected chi connectivity index (χ4v) is 3.49. The Morgan fingerprint density at radius 3 is 2.12 bits per heavy atom. The van der Waals surface area contributed by atoms with Crippen LogP contribution in [0.25, 0.3) is 11.1 Å². The highest BCUT2D eigenvalue weighted by Crippen LogP contribution is 2.38. The molecular formula is C23H28F3N3O3. The van der Waals surface area contributed by atoms with Gasteiger partial charge in [-0.25, -0.2) is 4.79 Å². The minimum absolute atomic E-state index is 0.0638. The lowest BCUT2D eigenvalue weighted by atomic mass is 9.96. The van der Waals surface area contributed by atoms with Gasteiger partial charge in [0.05, 0.1) is 11.3 Å². The summed E-state index contributed by atoms with van der Waals surface area (Å²) in [4.78, 5) is 29.8. The maximum Gasteiger partial charge on any atom is 0.418 e. The van der Waals surface area contributed by atoms with Crippen molar-refractivity contribution in [3.05, 3.63) is 48.3 Å². The minimum Gasteiger partial charge on any atom is -0.465 e. The van der Waals surface area contributed by atoms with E-state index in [1.165, 1.54) is 24.5 Å². The van der Waals surface area contributed by atoms with Crippen molar-refractivity contribution in [2.24, 2.45) is 5.92 Å². The van der Waals surface area contributed by atoms with E-state index in [4.69, 9.17) is 0 Å². The number of hydrogen-bond acceptors (Lipinski definition) is 3. The lowest BCUT2D eigenvalue weighted by Crippen LogP contribution is -2.56. The van der Waals surface area contributed by atoms with Crippen LogP contribution >= 0.6 is 0 Å². The monoisotopic (exact) mass is 451 g/mol. The van der Waals surface area contributed by atoms with Gasteiger partial charge >= 0.3 is 12.3 Å². The number of amides is 2. The van der Waals surface area contributed by atoms with E-state index in [1.54, 1.807) is 32.9 Å². The van der Waals surface area contributed by atoms with Crippen molar-refractivity contribution in [3.63, 3.8) is 0 Å². The molecule has 1 aromatic carbocycles. The number of anilines is 1. The summed E-state index contributed by atoms with van der Waals surface area (Å²) in [5.74, 6) is -0.871. The summed E-state index contributed by atoms with van der Waals surface area (Å²) in [6.07, 6.45) is -2.94. The van der Waals surface area contributed by atoms with Gasteiger partial charge < -0.3 is 10.4 Å². The first-order chi connectivity index (χ1) is 14.7. The topological polar surface area (TPSA) is 82.5 Å². The molecule has 6 nitrogen and oxygen atoms in total. The number of nitrogens with one attached hydrogen (secondary N) is 1. The Kier molecular flexibility index (Phi) is 7.54. The molecule has 1 aromatic heterocycles. The molecule has 1 unspecified atom stereocenters. The molecule has 0 aliphatic rings. The molecule has 1 heterocycles. The molecule has 0 radical (unpaired) electrons. The molecular weight excluding hydrogens is 423 g/mol. The van der Waals surface area contributed by atoms with Crippen LogP contribution < -0.4 is 5.32 Å². The van der Waals surface area contributed by atoms with Crippen molar-refractivity contribution in [3.8, 4) is 11.1 Å². The second-order valence-corrected chi connectivity index (χ2v) is 8.95. The quantitative estimate of drug-likeness (QED) is 0.573. The van der Waals surface area contributed by atoms with E-state index in [0.29, 0.717) is 11.1 Å². The van der Waals surface area contributed by atoms with E-state index < -0.39 is 41.0 Å². The molecule has 0 aliphatic heterocycles. The van der Waals surface area contributed by atoms with Gasteiger partial charge in [-0.05, 0) is 68.5 Å². The van der Waals surface area contributed by atoms with Crippen molar-refractivity contribution in [2.45, 2.75) is 58.8 Å². The Morgan fingerprint density at radius 2 is 1.66 bits per heavy atom. The van der Waals surface area contributed by atoms with Gasteiger partial charge in [0.25, 0.3) is 0 Å². The summed E-state index contributed by atoms with van der Waals surface area (Å²) in [5, 5.41) is 12.0. The first-order valence-electron chi connectivity index (χ1n) is 10.2. The molecule has 174 valence electrons.